The van der Waals surface area contributed by atoms with Gasteiger partial charge in [-0.15, -0.1) is 6.58 Å². The molecule has 0 rings (SSSR count). The number of hydrogen-bond donors (Lipinski definition) is 1. The minimum absolute atomic E-state index is 0.0991. The SMILES string of the molecule is C=CC[C@H](C)[C@@H](C[C@@H](C)CCO)S(=O)[O-]. The van der Waals surface area contributed by atoms with Crippen LogP contribution in [0.15, 0.2) is 12.7 Å². The summed E-state index contributed by atoms with van der Waals surface area (Å²) in [6.45, 7) is 7.63. The molecule has 15 heavy (non-hydrogen) atoms. The van der Waals surface area contributed by atoms with Crippen LogP contribution in [0.1, 0.15) is 33.1 Å². The van der Waals surface area contributed by atoms with Gasteiger partial charge in [0.25, 0.3) is 0 Å². The van der Waals surface area contributed by atoms with E-state index in [9.17, 15) is 8.76 Å². The second-order valence-corrected chi connectivity index (χ2v) is 5.28. The van der Waals surface area contributed by atoms with Gasteiger partial charge in [-0.05, 0) is 31.1 Å². The third-order valence-corrected chi connectivity index (χ3v) is 3.83. The summed E-state index contributed by atoms with van der Waals surface area (Å²) in [6, 6.07) is 0. The monoisotopic (exact) mass is 233 g/mol. The van der Waals surface area contributed by atoms with E-state index in [-0.39, 0.29) is 23.7 Å². The third kappa shape index (κ3) is 6.07. The predicted molar refractivity (Wildman–Crippen MR) is 62.2 cm³/mol. The van der Waals surface area contributed by atoms with E-state index in [2.05, 4.69) is 6.58 Å². The average molecular weight is 233 g/mol. The molecule has 0 aliphatic heterocycles. The number of hydrogen-bond acceptors (Lipinski definition) is 3. The van der Waals surface area contributed by atoms with Crippen molar-refractivity contribution in [3.8, 4) is 0 Å². The maximum atomic E-state index is 11.1. The van der Waals surface area contributed by atoms with Crippen LogP contribution in [0.2, 0.25) is 0 Å². The van der Waals surface area contributed by atoms with Crippen LogP contribution < -0.4 is 0 Å². The summed E-state index contributed by atoms with van der Waals surface area (Å²) in [5, 5.41) is 8.43. The highest BCUT2D eigenvalue weighted by molar-refractivity contribution is 7.79. The Labute approximate surface area is 94.9 Å². The maximum absolute atomic E-state index is 11.1. The molecule has 0 aliphatic carbocycles. The van der Waals surface area contributed by atoms with Crippen molar-refractivity contribution in [1.82, 2.24) is 0 Å². The number of aliphatic hydroxyl groups excluding tert-OH is 1. The molecule has 4 atom stereocenters. The number of allylic oxidation sites excluding steroid dienone is 1. The Kier molecular flexibility index (Phi) is 7.92. The van der Waals surface area contributed by atoms with Crippen LogP contribution in [0.5, 0.6) is 0 Å². The lowest BCUT2D eigenvalue weighted by Crippen LogP contribution is -2.26. The molecule has 1 N–H and O–H groups in total. The van der Waals surface area contributed by atoms with Crippen LogP contribution in [0.4, 0.5) is 0 Å². The topological polar surface area (TPSA) is 60.4 Å². The molecule has 0 amide bonds. The quantitative estimate of drug-likeness (QED) is 0.514. The Balaban J connectivity index is 4.26. The van der Waals surface area contributed by atoms with E-state index in [1.165, 1.54) is 0 Å². The molecule has 0 aromatic heterocycles. The molecule has 0 spiro atoms. The Morgan fingerprint density at radius 3 is 2.53 bits per heavy atom. The van der Waals surface area contributed by atoms with E-state index in [0.717, 1.165) is 0 Å². The molecule has 0 saturated carbocycles. The zero-order valence-electron chi connectivity index (χ0n) is 9.52. The van der Waals surface area contributed by atoms with Gasteiger partial charge in [-0.2, -0.15) is 0 Å². The van der Waals surface area contributed by atoms with Crippen LogP contribution in [0, 0.1) is 11.8 Å². The summed E-state index contributed by atoms with van der Waals surface area (Å²) in [5.74, 6) is 0.340. The van der Waals surface area contributed by atoms with E-state index in [4.69, 9.17) is 5.11 Å². The molecule has 0 aromatic rings. The zero-order valence-corrected chi connectivity index (χ0v) is 10.3. The fourth-order valence-corrected chi connectivity index (χ4v) is 2.63. The van der Waals surface area contributed by atoms with Crippen LogP contribution in [-0.2, 0) is 11.1 Å². The second kappa shape index (κ2) is 8.02. The number of aliphatic hydroxyl groups is 1. The van der Waals surface area contributed by atoms with Crippen molar-refractivity contribution in [2.24, 2.45) is 11.8 Å². The Hall–Kier alpha value is -0.190. The van der Waals surface area contributed by atoms with Gasteiger partial charge in [-0.25, -0.2) is 0 Å². The normalized spacial score (nSPS) is 19.2. The molecule has 0 aliphatic rings. The molecular weight excluding hydrogens is 212 g/mol. The molecule has 3 nitrogen and oxygen atoms in total. The van der Waals surface area contributed by atoms with E-state index >= 15 is 0 Å². The van der Waals surface area contributed by atoms with Gasteiger partial charge in [0.1, 0.15) is 0 Å². The predicted octanol–water partition coefficient (Wildman–Crippen LogP) is 1.85. The van der Waals surface area contributed by atoms with Crippen molar-refractivity contribution < 1.29 is 13.9 Å². The Morgan fingerprint density at radius 2 is 2.13 bits per heavy atom. The van der Waals surface area contributed by atoms with Gasteiger partial charge < -0.3 is 9.66 Å². The van der Waals surface area contributed by atoms with Gasteiger partial charge in [0, 0.05) is 11.9 Å². The molecule has 90 valence electrons. The summed E-state index contributed by atoms with van der Waals surface area (Å²) in [5.41, 5.74) is 0. The summed E-state index contributed by atoms with van der Waals surface area (Å²) in [4.78, 5) is 0. The van der Waals surface area contributed by atoms with Crippen LogP contribution in [0.25, 0.3) is 0 Å². The lowest BCUT2D eigenvalue weighted by molar-refractivity contribution is 0.253. The van der Waals surface area contributed by atoms with Gasteiger partial charge >= 0.3 is 0 Å². The van der Waals surface area contributed by atoms with Crippen molar-refractivity contribution in [2.75, 3.05) is 6.61 Å². The first-order valence-corrected chi connectivity index (χ1v) is 6.46. The van der Waals surface area contributed by atoms with E-state index < -0.39 is 11.1 Å². The fraction of sp³-hybridized carbons (Fsp3) is 0.818. The molecule has 0 aromatic carbocycles. The van der Waals surface area contributed by atoms with E-state index in [0.29, 0.717) is 19.3 Å². The standard InChI is InChI=1S/C11H22O3S/c1-4-5-10(3)11(15(13)14)8-9(2)6-7-12/h4,9-12H,1,5-8H2,2-3H3,(H,13,14)/p-1/t9-,10-,11+/m0/s1. The van der Waals surface area contributed by atoms with Crippen molar-refractivity contribution in [3.05, 3.63) is 12.7 Å². The average Bonchev–Trinajstić information content (AvgIpc) is 2.14. The second-order valence-electron chi connectivity index (χ2n) is 4.15. The summed E-state index contributed by atoms with van der Waals surface area (Å²) < 4.78 is 22.1. The Morgan fingerprint density at radius 1 is 1.53 bits per heavy atom. The minimum atomic E-state index is -2.04. The molecule has 1 unspecified atom stereocenters. The maximum Gasteiger partial charge on any atom is 0.0433 e. The first kappa shape index (κ1) is 14.8. The highest BCUT2D eigenvalue weighted by atomic mass is 32.2. The Bertz CT molecular complexity index is 206. The summed E-state index contributed by atoms with van der Waals surface area (Å²) in [7, 11) is 0. The van der Waals surface area contributed by atoms with Crippen molar-refractivity contribution >= 4 is 11.1 Å². The van der Waals surface area contributed by atoms with E-state index in [1.54, 1.807) is 6.08 Å². The van der Waals surface area contributed by atoms with Crippen LogP contribution >= 0.6 is 0 Å². The van der Waals surface area contributed by atoms with Crippen molar-refractivity contribution in [3.63, 3.8) is 0 Å². The molecular formula is C11H21O3S-. The largest absolute Gasteiger partial charge is 0.772 e. The van der Waals surface area contributed by atoms with Gasteiger partial charge in [-0.3, -0.25) is 4.21 Å². The summed E-state index contributed by atoms with van der Waals surface area (Å²) >= 11 is -2.04. The first-order valence-electron chi connectivity index (χ1n) is 5.32. The van der Waals surface area contributed by atoms with Gasteiger partial charge in [0.05, 0.1) is 0 Å². The third-order valence-electron chi connectivity index (χ3n) is 2.68. The lowest BCUT2D eigenvalue weighted by Gasteiger charge is -2.27. The lowest BCUT2D eigenvalue weighted by atomic mass is 9.93. The van der Waals surface area contributed by atoms with E-state index in [1.807, 2.05) is 13.8 Å². The molecule has 4 heteroatoms. The molecule has 0 bridgehead atoms. The minimum Gasteiger partial charge on any atom is -0.772 e. The molecule has 0 fully saturated rings. The van der Waals surface area contributed by atoms with Crippen molar-refractivity contribution in [2.45, 2.75) is 38.4 Å². The fourth-order valence-electron chi connectivity index (χ4n) is 1.65. The first-order chi connectivity index (χ1) is 7.02. The van der Waals surface area contributed by atoms with Gasteiger partial charge in [0.15, 0.2) is 0 Å². The molecule has 0 heterocycles. The highest BCUT2D eigenvalue weighted by Gasteiger charge is 2.19. The highest BCUT2D eigenvalue weighted by Crippen LogP contribution is 2.22. The number of rotatable bonds is 8. The van der Waals surface area contributed by atoms with Crippen LogP contribution in [-0.4, -0.2) is 25.7 Å². The molecule has 0 saturated heterocycles. The van der Waals surface area contributed by atoms with Crippen LogP contribution in [0.3, 0.4) is 0 Å². The zero-order chi connectivity index (χ0) is 11.8. The van der Waals surface area contributed by atoms with Crippen molar-refractivity contribution in [1.29, 1.82) is 0 Å². The smallest absolute Gasteiger partial charge is 0.0433 e. The molecule has 0 radical (unpaired) electrons. The van der Waals surface area contributed by atoms with Gasteiger partial charge in [0.2, 0.25) is 0 Å². The van der Waals surface area contributed by atoms with Gasteiger partial charge in [-0.1, -0.05) is 31.0 Å². The summed E-state index contributed by atoms with van der Waals surface area (Å²) in [6.07, 6.45) is 3.74.